The van der Waals surface area contributed by atoms with E-state index >= 15 is 0 Å². The van der Waals surface area contributed by atoms with Gasteiger partial charge in [-0.1, -0.05) is 35.9 Å². The molecule has 7 nitrogen and oxygen atoms in total. The molecular weight excluding hydrogens is 416 g/mol. The SMILES string of the molecule is Cc1ccnc(N[C@H](c2ccc(Cl)c([N+](=O)[O-])c2)c2ccc3ccc(C)nc3c2O)c1. The molecule has 0 fully saturated rings. The van der Waals surface area contributed by atoms with E-state index in [4.69, 9.17) is 11.6 Å². The van der Waals surface area contributed by atoms with Crippen LogP contribution in [0.25, 0.3) is 10.9 Å². The Morgan fingerprint density at radius 3 is 2.61 bits per heavy atom. The van der Waals surface area contributed by atoms with Crippen LogP contribution >= 0.6 is 11.6 Å². The monoisotopic (exact) mass is 434 g/mol. The zero-order valence-electron chi connectivity index (χ0n) is 16.8. The molecular formula is C23H19ClN4O3. The third-order valence-electron chi connectivity index (χ3n) is 5.02. The van der Waals surface area contributed by atoms with Crippen LogP contribution in [0.15, 0.2) is 60.8 Å². The van der Waals surface area contributed by atoms with Crippen LogP contribution in [-0.4, -0.2) is 20.0 Å². The van der Waals surface area contributed by atoms with Crippen molar-refractivity contribution in [3.63, 3.8) is 0 Å². The number of nitrogens with zero attached hydrogens (tertiary/aromatic N) is 3. The Labute approximate surface area is 183 Å². The molecule has 2 N–H and O–H groups in total. The molecule has 0 amide bonds. The zero-order valence-corrected chi connectivity index (χ0v) is 17.6. The number of hydrogen-bond donors (Lipinski definition) is 2. The Bertz CT molecular complexity index is 1310. The first-order valence-corrected chi connectivity index (χ1v) is 9.93. The fourth-order valence-electron chi connectivity index (χ4n) is 3.47. The number of anilines is 1. The van der Waals surface area contributed by atoms with Gasteiger partial charge in [-0.3, -0.25) is 10.1 Å². The Balaban J connectivity index is 1.91. The largest absolute Gasteiger partial charge is 0.505 e. The van der Waals surface area contributed by atoms with Gasteiger partial charge in [-0.05, 0) is 49.2 Å². The average Bonchev–Trinajstić information content (AvgIpc) is 2.73. The van der Waals surface area contributed by atoms with Crippen molar-refractivity contribution in [2.24, 2.45) is 0 Å². The number of aromatic hydroxyl groups is 1. The topological polar surface area (TPSA) is 101 Å². The number of nitrogens with one attached hydrogen (secondary N) is 1. The van der Waals surface area contributed by atoms with E-state index in [2.05, 4.69) is 15.3 Å². The van der Waals surface area contributed by atoms with Gasteiger partial charge in [-0.15, -0.1) is 0 Å². The van der Waals surface area contributed by atoms with Gasteiger partial charge in [0.25, 0.3) is 5.69 Å². The Morgan fingerprint density at radius 1 is 1.10 bits per heavy atom. The lowest BCUT2D eigenvalue weighted by Gasteiger charge is -2.22. The maximum absolute atomic E-state index is 11.4. The molecule has 4 aromatic rings. The van der Waals surface area contributed by atoms with E-state index in [0.29, 0.717) is 22.5 Å². The highest BCUT2D eigenvalue weighted by Crippen LogP contribution is 2.38. The second-order valence-corrected chi connectivity index (χ2v) is 7.70. The number of phenolic OH excluding ortho intramolecular Hbond substituents is 1. The summed E-state index contributed by atoms with van der Waals surface area (Å²) < 4.78 is 0. The molecule has 2 aromatic heterocycles. The van der Waals surface area contributed by atoms with E-state index < -0.39 is 11.0 Å². The Kier molecular flexibility index (Phi) is 5.44. The number of nitro groups is 1. The summed E-state index contributed by atoms with van der Waals surface area (Å²) in [5, 5.41) is 26.7. The van der Waals surface area contributed by atoms with Gasteiger partial charge in [-0.25, -0.2) is 9.97 Å². The first kappa shape index (κ1) is 20.6. The average molecular weight is 435 g/mol. The lowest BCUT2D eigenvalue weighted by atomic mass is 9.95. The standard InChI is InChI=1S/C23H19ClN4O3/c1-13-9-10-25-20(11-13)27-21(16-6-8-18(24)19(12-16)28(30)31)17-7-5-15-4-3-14(2)26-22(15)23(17)29/h3-12,21,29H,1-2H3,(H,25,27)/t21-/m1/s1. The minimum absolute atomic E-state index is 0.00366. The molecule has 156 valence electrons. The number of fused-ring (bicyclic) bond motifs is 1. The van der Waals surface area contributed by atoms with Gasteiger partial charge in [0.05, 0.1) is 11.0 Å². The fourth-order valence-corrected chi connectivity index (χ4v) is 3.66. The van der Waals surface area contributed by atoms with Crippen molar-refractivity contribution in [3.8, 4) is 5.75 Å². The summed E-state index contributed by atoms with van der Waals surface area (Å²) in [7, 11) is 0. The summed E-state index contributed by atoms with van der Waals surface area (Å²) in [6.07, 6.45) is 1.67. The van der Waals surface area contributed by atoms with Crippen LogP contribution in [0.2, 0.25) is 5.02 Å². The molecule has 0 saturated carbocycles. The molecule has 0 aliphatic carbocycles. The van der Waals surface area contributed by atoms with Crippen molar-refractivity contribution < 1.29 is 10.0 Å². The van der Waals surface area contributed by atoms with Crippen LogP contribution < -0.4 is 5.32 Å². The van der Waals surface area contributed by atoms with E-state index in [1.54, 1.807) is 18.3 Å². The molecule has 1 atom stereocenters. The van der Waals surface area contributed by atoms with Crippen molar-refractivity contribution in [1.82, 2.24) is 9.97 Å². The molecule has 2 aromatic carbocycles. The molecule has 0 radical (unpaired) electrons. The second kappa shape index (κ2) is 8.20. The molecule has 4 rings (SSSR count). The Morgan fingerprint density at radius 2 is 1.87 bits per heavy atom. The van der Waals surface area contributed by atoms with Crippen molar-refractivity contribution in [1.29, 1.82) is 0 Å². The van der Waals surface area contributed by atoms with Crippen molar-refractivity contribution >= 4 is 34.0 Å². The highest BCUT2D eigenvalue weighted by molar-refractivity contribution is 6.32. The quantitative estimate of drug-likeness (QED) is 0.308. The summed E-state index contributed by atoms with van der Waals surface area (Å²) in [5.74, 6) is 0.572. The van der Waals surface area contributed by atoms with Gasteiger partial charge in [0.2, 0.25) is 0 Å². The molecule has 0 aliphatic heterocycles. The lowest BCUT2D eigenvalue weighted by molar-refractivity contribution is -0.384. The summed E-state index contributed by atoms with van der Waals surface area (Å²) in [6, 6.07) is 15.1. The highest BCUT2D eigenvalue weighted by atomic mass is 35.5. The van der Waals surface area contributed by atoms with Gasteiger partial charge >= 0.3 is 0 Å². The summed E-state index contributed by atoms with van der Waals surface area (Å²) in [6.45, 7) is 3.79. The first-order valence-electron chi connectivity index (χ1n) is 9.56. The second-order valence-electron chi connectivity index (χ2n) is 7.29. The third-order valence-corrected chi connectivity index (χ3v) is 5.34. The van der Waals surface area contributed by atoms with E-state index in [9.17, 15) is 15.2 Å². The molecule has 0 spiro atoms. The number of aromatic nitrogens is 2. The number of phenols is 1. The van der Waals surface area contributed by atoms with E-state index in [1.807, 2.05) is 44.2 Å². The van der Waals surface area contributed by atoms with E-state index in [-0.39, 0.29) is 16.5 Å². The molecule has 0 aliphatic rings. The predicted molar refractivity (Wildman–Crippen MR) is 121 cm³/mol. The smallest absolute Gasteiger partial charge is 0.288 e. The lowest BCUT2D eigenvalue weighted by Crippen LogP contribution is -2.14. The summed E-state index contributed by atoms with van der Waals surface area (Å²) in [4.78, 5) is 19.7. The number of rotatable bonds is 5. The number of pyridine rings is 2. The van der Waals surface area contributed by atoms with Gasteiger partial charge in [0.15, 0.2) is 0 Å². The highest BCUT2D eigenvalue weighted by Gasteiger charge is 2.24. The number of nitro benzene ring substituents is 1. The van der Waals surface area contributed by atoms with Gasteiger partial charge in [0.1, 0.15) is 22.1 Å². The normalized spacial score (nSPS) is 12.0. The zero-order chi connectivity index (χ0) is 22.1. The van der Waals surface area contributed by atoms with E-state index in [0.717, 1.165) is 16.6 Å². The van der Waals surface area contributed by atoms with Crippen molar-refractivity contribution in [3.05, 3.63) is 98.3 Å². The molecule has 31 heavy (non-hydrogen) atoms. The van der Waals surface area contributed by atoms with Crippen LogP contribution in [0.1, 0.15) is 28.4 Å². The minimum atomic E-state index is -0.628. The van der Waals surface area contributed by atoms with Gasteiger partial charge in [-0.2, -0.15) is 0 Å². The summed E-state index contributed by atoms with van der Waals surface area (Å²) in [5.41, 5.74) is 3.10. The maximum Gasteiger partial charge on any atom is 0.288 e. The minimum Gasteiger partial charge on any atom is -0.505 e. The fraction of sp³-hybridized carbons (Fsp3) is 0.130. The van der Waals surface area contributed by atoms with Crippen LogP contribution in [0.3, 0.4) is 0 Å². The number of hydrogen-bond acceptors (Lipinski definition) is 6. The van der Waals surface area contributed by atoms with Crippen LogP contribution in [0.4, 0.5) is 11.5 Å². The first-order chi connectivity index (χ1) is 14.8. The van der Waals surface area contributed by atoms with Crippen LogP contribution in [-0.2, 0) is 0 Å². The summed E-state index contributed by atoms with van der Waals surface area (Å²) >= 11 is 6.02. The molecule has 2 heterocycles. The third kappa shape index (κ3) is 4.13. The molecule has 0 bridgehead atoms. The van der Waals surface area contributed by atoms with Crippen molar-refractivity contribution in [2.45, 2.75) is 19.9 Å². The van der Waals surface area contributed by atoms with Gasteiger partial charge < -0.3 is 10.4 Å². The number of halogens is 1. The molecule has 8 heteroatoms. The molecule has 0 saturated heterocycles. The maximum atomic E-state index is 11.4. The number of benzene rings is 2. The van der Waals surface area contributed by atoms with Crippen LogP contribution in [0, 0.1) is 24.0 Å². The predicted octanol–water partition coefficient (Wildman–Crippen LogP) is 5.72. The van der Waals surface area contributed by atoms with Crippen molar-refractivity contribution in [2.75, 3.05) is 5.32 Å². The Hall–Kier alpha value is -3.71. The van der Waals surface area contributed by atoms with Crippen LogP contribution in [0.5, 0.6) is 5.75 Å². The van der Waals surface area contributed by atoms with E-state index in [1.165, 1.54) is 12.1 Å². The van der Waals surface area contributed by atoms with Gasteiger partial charge in [0, 0.05) is 28.9 Å². The number of aryl methyl sites for hydroxylation is 2. The molecule has 0 unspecified atom stereocenters.